The van der Waals surface area contributed by atoms with Crippen LogP contribution in [0.25, 0.3) is 0 Å². The summed E-state index contributed by atoms with van der Waals surface area (Å²) in [6.45, 7) is 14.8. The molecule has 68 heavy (non-hydrogen) atoms. The van der Waals surface area contributed by atoms with E-state index in [1.807, 2.05) is 50.2 Å². The molecule has 0 N–H and O–H groups in total. The second-order valence-electron chi connectivity index (χ2n) is 19.7. The minimum Gasteiger partial charge on any atom is -0.379 e. The normalized spacial score (nSPS) is 18.6. The van der Waals surface area contributed by atoms with Gasteiger partial charge in [-0.25, -0.2) is 4.98 Å². The van der Waals surface area contributed by atoms with Crippen molar-refractivity contribution in [3.05, 3.63) is 64.6 Å². The molecule has 1 fully saturated rings. The van der Waals surface area contributed by atoms with Crippen LogP contribution in [0.5, 0.6) is 0 Å². The number of carbonyl (C=O) groups excluding carboxylic acids is 6. The average molecular weight is 978 g/mol. The summed E-state index contributed by atoms with van der Waals surface area (Å²) in [6, 6.07) is 9.03. The monoisotopic (exact) mass is 978 g/mol. The first-order valence-electron chi connectivity index (χ1n) is 24.8. The van der Waals surface area contributed by atoms with Crippen molar-refractivity contribution in [2.45, 2.75) is 155 Å². The van der Waals surface area contributed by atoms with Gasteiger partial charge >= 0.3 is 0 Å². The molecule has 5 amide bonds. The number of aromatic nitrogens is 1. The molecule has 0 saturated carbocycles. The molecule has 15 heteroatoms. The molecule has 0 unspecified atom stereocenters. The number of likely N-dealkylation sites (N-methyl/N-ethyl adjacent to an activating group) is 2. The van der Waals surface area contributed by atoms with Crippen LogP contribution in [0.1, 0.15) is 129 Å². The zero-order chi connectivity index (χ0) is 50.2. The molecule has 2 aromatic rings. The Bertz CT molecular complexity index is 1990. The summed E-state index contributed by atoms with van der Waals surface area (Å²) in [5, 5.41) is 3.06. The highest BCUT2D eigenvalue weighted by molar-refractivity contribution is 7.80. The number of thiazole rings is 1. The van der Waals surface area contributed by atoms with E-state index in [0.29, 0.717) is 38.8 Å². The second kappa shape index (κ2) is 27.3. The van der Waals surface area contributed by atoms with Crippen molar-refractivity contribution in [2.24, 2.45) is 29.6 Å². The Hall–Kier alpha value is -4.18. The Morgan fingerprint density at radius 3 is 2.13 bits per heavy atom. The number of rotatable bonds is 29. The quantitative estimate of drug-likeness (QED) is 0.0443. The molecule has 0 spiro atoms. The summed E-state index contributed by atoms with van der Waals surface area (Å²) in [6.07, 6.45) is 9.30. The number of ether oxygens (including phenoxy) is 2. The van der Waals surface area contributed by atoms with Gasteiger partial charge in [-0.3, -0.25) is 33.7 Å². The van der Waals surface area contributed by atoms with E-state index in [0.717, 1.165) is 35.6 Å². The van der Waals surface area contributed by atoms with Gasteiger partial charge < -0.3 is 24.2 Å². The lowest BCUT2D eigenvalue weighted by molar-refractivity contribution is -0.149. The summed E-state index contributed by atoms with van der Waals surface area (Å²) in [5.41, 5.74) is 1.23. The topological polar surface area (TPSA) is 147 Å². The molecule has 376 valence electrons. The molecule has 1 saturated heterocycles. The standard InChI is InChI=1S/C53H79N5O8S2/c1-12-36(6)50(56(9)53(64)40(34(2)3)32-42(59)49(35(4)5)55(8)45(60)23-17-14-18-27-58-46(61)24-25-47(58)62)43(65-10)33-48(63)57-28-19-22-41(57)51(66-11)37(7)44(67)31-39(52-54-26-29-68-52)30-38-20-15-13-16-21-38/h13,15-16,20-21,24-26,29,34-37,39-41,43,49-51H,12,14,17-19,22-23,27-28,30-33H2,1-11H3/t36-,37-,39+,40-,41-,43+,49-,50-,51+/m0/s1. The Kier molecular flexibility index (Phi) is 22.6. The molecule has 2 aliphatic heterocycles. The molecule has 13 nitrogen and oxygen atoms in total. The third kappa shape index (κ3) is 14.9. The van der Waals surface area contributed by atoms with E-state index in [-0.39, 0.29) is 96.3 Å². The second-order valence-corrected chi connectivity index (χ2v) is 21.2. The predicted molar refractivity (Wildman–Crippen MR) is 272 cm³/mol. The van der Waals surface area contributed by atoms with Crippen LogP contribution in [-0.4, -0.2) is 137 Å². The molecule has 0 bridgehead atoms. The third-order valence-electron chi connectivity index (χ3n) is 14.4. The lowest BCUT2D eigenvalue weighted by Crippen LogP contribution is -2.54. The predicted octanol–water partition coefficient (Wildman–Crippen LogP) is 8.35. The van der Waals surface area contributed by atoms with Crippen molar-refractivity contribution in [3.8, 4) is 0 Å². The number of nitrogens with zero attached hydrogens (tertiary/aromatic N) is 5. The molecular formula is C53H79N5O8S2. The zero-order valence-corrected chi connectivity index (χ0v) is 44.2. The van der Waals surface area contributed by atoms with Crippen LogP contribution in [0.4, 0.5) is 0 Å². The Morgan fingerprint density at radius 1 is 0.882 bits per heavy atom. The summed E-state index contributed by atoms with van der Waals surface area (Å²) >= 11 is 7.83. The SMILES string of the molecule is CC[C@H](C)[C@@H]([C@@H](CC(=O)N1CCC[C@H]1[C@H](OC)[C@@H](C)C(=S)C[C@@H](Cc1ccccc1)c1nccs1)OC)N(C)C(=O)[C@@H](CC(=O)[C@H](C(C)C)N(C)C(=O)CCCCCN1C(=O)C=CC1=O)C(C)C. The number of Topliss-reactive ketones (excluding diaryl/α,β-unsaturated/α-hetero) is 1. The van der Waals surface area contributed by atoms with E-state index in [1.54, 1.807) is 44.6 Å². The van der Waals surface area contributed by atoms with Gasteiger partial charge in [0.15, 0.2) is 5.78 Å². The minimum atomic E-state index is -0.724. The number of hydrogen-bond acceptors (Lipinski definition) is 11. The van der Waals surface area contributed by atoms with Crippen molar-refractivity contribution in [1.29, 1.82) is 0 Å². The number of ketones is 1. The first-order valence-corrected chi connectivity index (χ1v) is 26.0. The highest BCUT2D eigenvalue weighted by Crippen LogP contribution is 2.34. The summed E-state index contributed by atoms with van der Waals surface area (Å²) in [5.74, 6) is -2.31. The van der Waals surface area contributed by atoms with Gasteiger partial charge in [-0.1, -0.05) is 104 Å². The molecule has 1 aromatic carbocycles. The summed E-state index contributed by atoms with van der Waals surface area (Å²) in [4.78, 5) is 92.6. The fourth-order valence-corrected chi connectivity index (χ4v) is 11.4. The van der Waals surface area contributed by atoms with Crippen LogP contribution in [0.3, 0.4) is 0 Å². The van der Waals surface area contributed by atoms with Crippen molar-refractivity contribution < 1.29 is 38.2 Å². The number of unbranched alkanes of at least 4 members (excludes halogenated alkanes) is 2. The Labute approximate surface area is 415 Å². The lowest BCUT2D eigenvalue weighted by Gasteiger charge is -2.41. The van der Waals surface area contributed by atoms with Crippen molar-refractivity contribution in [2.75, 3.05) is 41.4 Å². The van der Waals surface area contributed by atoms with E-state index in [1.165, 1.54) is 27.5 Å². The minimum absolute atomic E-state index is 0.0365. The van der Waals surface area contributed by atoms with Gasteiger partial charge in [-0.15, -0.1) is 11.3 Å². The number of hydrogen-bond donors (Lipinski definition) is 0. The Morgan fingerprint density at radius 2 is 1.56 bits per heavy atom. The van der Waals surface area contributed by atoms with E-state index in [2.05, 4.69) is 50.0 Å². The van der Waals surface area contributed by atoms with Gasteiger partial charge in [-0.05, 0) is 66.7 Å². The van der Waals surface area contributed by atoms with Crippen LogP contribution in [0.15, 0.2) is 54.1 Å². The number of carbonyl (C=O) groups is 6. The van der Waals surface area contributed by atoms with E-state index in [4.69, 9.17) is 21.7 Å². The molecule has 9 atom stereocenters. The van der Waals surface area contributed by atoms with Gasteiger partial charge in [0.1, 0.15) is 0 Å². The molecule has 0 aliphatic carbocycles. The number of methoxy groups -OCH3 is 2. The van der Waals surface area contributed by atoms with Crippen LogP contribution >= 0.6 is 23.6 Å². The Balaban J connectivity index is 1.42. The van der Waals surface area contributed by atoms with Gasteiger partial charge in [0.2, 0.25) is 17.7 Å². The first kappa shape index (κ1) is 56.4. The zero-order valence-electron chi connectivity index (χ0n) is 42.6. The smallest absolute Gasteiger partial charge is 0.253 e. The number of amides is 5. The highest BCUT2D eigenvalue weighted by atomic mass is 32.1. The van der Waals surface area contributed by atoms with E-state index >= 15 is 0 Å². The highest BCUT2D eigenvalue weighted by Gasteiger charge is 2.43. The number of thiocarbonyl (C=S) groups is 1. The molecule has 0 radical (unpaired) electrons. The molecular weight excluding hydrogens is 899 g/mol. The van der Waals surface area contributed by atoms with Gasteiger partial charge in [0, 0.05) is 95.7 Å². The molecule has 3 heterocycles. The number of benzene rings is 1. The van der Waals surface area contributed by atoms with Crippen LogP contribution in [0, 0.1) is 29.6 Å². The van der Waals surface area contributed by atoms with Crippen molar-refractivity contribution in [1.82, 2.24) is 24.6 Å². The number of likely N-dealkylation sites (tertiary alicyclic amines) is 1. The van der Waals surface area contributed by atoms with Crippen molar-refractivity contribution >= 4 is 63.7 Å². The van der Waals surface area contributed by atoms with Crippen LogP contribution in [0.2, 0.25) is 0 Å². The van der Waals surface area contributed by atoms with Gasteiger partial charge in [-0.2, -0.15) is 0 Å². The fraction of sp³-hybridized carbons (Fsp3) is 0.660. The molecule has 1 aromatic heterocycles. The lowest BCUT2D eigenvalue weighted by atomic mass is 9.83. The third-order valence-corrected chi connectivity index (χ3v) is 15.9. The average Bonchev–Trinajstić information content (AvgIpc) is 4.10. The summed E-state index contributed by atoms with van der Waals surface area (Å²) in [7, 11) is 6.71. The maximum atomic E-state index is 14.7. The number of imide groups is 1. The van der Waals surface area contributed by atoms with Crippen molar-refractivity contribution in [3.63, 3.8) is 0 Å². The van der Waals surface area contributed by atoms with Gasteiger partial charge in [0.25, 0.3) is 11.8 Å². The van der Waals surface area contributed by atoms with E-state index in [9.17, 15) is 28.8 Å². The first-order chi connectivity index (χ1) is 32.4. The van der Waals surface area contributed by atoms with Gasteiger partial charge in [0.05, 0.1) is 41.8 Å². The van der Waals surface area contributed by atoms with Crippen LogP contribution in [-0.2, 0) is 44.7 Å². The largest absolute Gasteiger partial charge is 0.379 e. The maximum absolute atomic E-state index is 14.7. The molecule has 4 rings (SSSR count). The summed E-state index contributed by atoms with van der Waals surface area (Å²) < 4.78 is 12.4. The van der Waals surface area contributed by atoms with E-state index < -0.39 is 24.1 Å². The maximum Gasteiger partial charge on any atom is 0.253 e. The fourth-order valence-electron chi connectivity index (χ4n) is 10.3. The van der Waals surface area contributed by atoms with Crippen LogP contribution < -0.4 is 0 Å². The molecule has 2 aliphatic rings.